The second-order valence-electron chi connectivity index (χ2n) is 6.30. The van der Waals surface area contributed by atoms with Crippen LogP contribution in [0, 0.1) is 5.92 Å². The van der Waals surface area contributed by atoms with Crippen molar-refractivity contribution < 1.29 is 9.21 Å². The summed E-state index contributed by atoms with van der Waals surface area (Å²) in [6.45, 7) is 5.68. The molecule has 6 nitrogen and oxygen atoms in total. The molecule has 0 aromatic carbocycles. The summed E-state index contributed by atoms with van der Waals surface area (Å²) in [5.41, 5.74) is 0. The molecule has 2 aromatic heterocycles. The number of hydrogen-bond donors (Lipinski definition) is 0. The zero-order chi connectivity index (χ0) is 16.2. The molecule has 23 heavy (non-hydrogen) atoms. The van der Waals surface area contributed by atoms with E-state index in [2.05, 4.69) is 23.9 Å². The molecule has 6 heteroatoms. The van der Waals surface area contributed by atoms with Crippen molar-refractivity contribution in [3.05, 3.63) is 36.3 Å². The lowest BCUT2D eigenvalue weighted by atomic mass is 9.91. The minimum Gasteiger partial charge on any atom is -0.464 e. The van der Waals surface area contributed by atoms with E-state index in [4.69, 9.17) is 4.42 Å². The van der Waals surface area contributed by atoms with Crippen molar-refractivity contribution in [1.82, 2.24) is 19.7 Å². The summed E-state index contributed by atoms with van der Waals surface area (Å²) < 4.78 is 7.63. The molecular weight excluding hydrogens is 292 g/mol. The van der Waals surface area contributed by atoms with Crippen LogP contribution in [-0.4, -0.2) is 32.1 Å². The smallest absolute Gasteiger partial charge is 0.225 e. The van der Waals surface area contributed by atoms with Crippen molar-refractivity contribution in [2.24, 2.45) is 5.92 Å². The van der Waals surface area contributed by atoms with Gasteiger partial charge < -0.3 is 9.32 Å². The maximum atomic E-state index is 12.7. The summed E-state index contributed by atoms with van der Waals surface area (Å²) in [5, 5.41) is 4.05. The van der Waals surface area contributed by atoms with Gasteiger partial charge in [0.15, 0.2) is 0 Å². The second-order valence-corrected chi connectivity index (χ2v) is 6.30. The average molecular weight is 316 g/mol. The van der Waals surface area contributed by atoms with Gasteiger partial charge in [0.05, 0.1) is 12.6 Å². The van der Waals surface area contributed by atoms with Crippen LogP contribution in [-0.2, 0) is 17.8 Å². The molecule has 0 spiro atoms. The van der Waals surface area contributed by atoms with Crippen LogP contribution in [0.4, 0.5) is 0 Å². The van der Waals surface area contributed by atoms with Crippen molar-refractivity contribution in [2.75, 3.05) is 6.54 Å². The Morgan fingerprint density at radius 1 is 1.43 bits per heavy atom. The number of nitrogens with zero attached hydrogens (tertiary/aromatic N) is 4. The largest absolute Gasteiger partial charge is 0.464 e. The van der Waals surface area contributed by atoms with Crippen LogP contribution in [0.3, 0.4) is 0 Å². The Labute approximate surface area is 136 Å². The van der Waals surface area contributed by atoms with Crippen LogP contribution in [0.1, 0.15) is 50.7 Å². The predicted octanol–water partition coefficient (Wildman–Crippen LogP) is 2.82. The molecule has 1 fully saturated rings. The fourth-order valence-corrected chi connectivity index (χ4v) is 3.18. The van der Waals surface area contributed by atoms with Gasteiger partial charge in [0, 0.05) is 19.4 Å². The lowest BCUT2D eigenvalue weighted by Crippen LogP contribution is -2.40. The van der Waals surface area contributed by atoms with Crippen molar-refractivity contribution >= 4 is 5.91 Å². The van der Waals surface area contributed by atoms with E-state index < -0.39 is 0 Å². The van der Waals surface area contributed by atoms with Crippen LogP contribution in [0.15, 0.2) is 29.2 Å². The number of carbonyl (C=O) groups excluding carboxylic acids is 1. The molecule has 0 N–H and O–H groups in total. The van der Waals surface area contributed by atoms with Crippen LogP contribution in [0.5, 0.6) is 0 Å². The number of piperidine rings is 1. The number of furan rings is 1. The fourth-order valence-electron chi connectivity index (χ4n) is 3.18. The minimum absolute atomic E-state index is 0.0577. The van der Waals surface area contributed by atoms with E-state index in [0.29, 0.717) is 18.9 Å². The molecule has 1 aliphatic rings. The summed E-state index contributed by atoms with van der Waals surface area (Å²) in [4.78, 5) is 18.6. The van der Waals surface area contributed by atoms with Crippen LogP contribution in [0.2, 0.25) is 0 Å². The van der Waals surface area contributed by atoms with Gasteiger partial charge in [-0.05, 0) is 30.9 Å². The summed E-state index contributed by atoms with van der Waals surface area (Å²) in [6.07, 6.45) is 6.46. The highest BCUT2D eigenvalue weighted by atomic mass is 16.3. The Morgan fingerprint density at radius 3 is 3.00 bits per heavy atom. The number of aryl methyl sites for hydroxylation is 2. The molecule has 2 aromatic rings. The van der Waals surface area contributed by atoms with Gasteiger partial charge in [-0.15, -0.1) is 0 Å². The highest BCUT2D eigenvalue weighted by Crippen LogP contribution is 2.35. The summed E-state index contributed by atoms with van der Waals surface area (Å²) in [6, 6.07) is 4.11. The average Bonchev–Trinajstić information content (AvgIpc) is 3.23. The summed E-state index contributed by atoms with van der Waals surface area (Å²) >= 11 is 0. The number of carbonyl (C=O) groups is 1. The maximum Gasteiger partial charge on any atom is 0.225 e. The Kier molecular flexibility index (Phi) is 4.79. The molecule has 0 aliphatic carbocycles. The predicted molar refractivity (Wildman–Crippen MR) is 85.6 cm³/mol. The fraction of sp³-hybridized carbons (Fsp3) is 0.588. The van der Waals surface area contributed by atoms with Crippen molar-refractivity contribution in [2.45, 2.75) is 52.1 Å². The Morgan fingerprint density at radius 2 is 2.30 bits per heavy atom. The first-order chi connectivity index (χ1) is 11.2. The Hall–Kier alpha value is -2.11. The maximum absolute atomic E-state index is 12.7. The Balaban J connectivity index is 1.70. The van der Waals surface area contributed by atoms with E-state index in [0.717, 1.165) is 37.3 Å². The van der Waals surface area contributed by atoms with Crippen molar-refractivity contribution in [3.8, 4) is 0 Å². The topological polar surface area (TPSA) is 64.2 Å². The molecule has 3 rings (SSSR count). The van der Waals surface area contributed by atoms with Gasteiger partial charge >= 0.3 is 0 Å². The van der Waals surface area contributed by atoms with Gasteiger partial charge in [-0.1, -0.05) is 13.8 Å². The molecule has 0 bridgehead atoms. The monoisotopic (exact) mass is 316 g/mol. The first-order valence-corrected chi connectivity index (χ1v) is 8.38. The molecule has 1 saturated heterocycles. The van der Waals surface area contributed by atoms with Gasteiger partial charge in [-0.3, -0.25) is 9.48 Å². The number of likely N-dealkylation sites (tertiary alicyclic amines) is 1. The quantitative estimate of drug-likeness (QED) is 0.851. The minimum atomic E-state index is 0.0577. The number of amides is 1. The van der Waals surface area contributed by atoms with Gasteiger partial charge in [-0.25, -0.2) is 4.98 Å². The van der Waals surface area contributed by atoms with Gasteiger partial charge in [0.1, 0.15) is 24.2 Å². The highest BCUT2D eigenvalue weighted by molar-refractivity contribution is 5.76. The SMILES string of the molecule is CCc1ccc([C@H]2C[C@@H](C)CCN2C(=O)CCn2cncn2)o1. The van der Waals surface area contributed by atoms with Crippen molar-refractivity contribution in [1.29, 1.82) is 0 Å². The molecule has 1 aliphatic heterocycles. The van der Waals surface area contributed by atoms with E-state index in [1.54, 1.807) is 11.0 Å². The third-order valence-electron chi connectivity index (χ3n) is 4.57. The highest BCUT2D eigenvalue weighted by Gasteiger charge is 2.32. The van der Waals surface area contributed by atoms with Crippen LogP contribution < -0.4 is 0 Å². The van der Waals surface area contributed by atoms with Gasteiger partial charge in [0.25, 0.3) is 0 Å². The van der Waals surface area contributed by atoms with E-state index in [1.165, 1.54) is 6.33 Å². The van der Waals surface area contributed by atoms with Crippen LogP contribution >= 0.6 is 0 Å². The van der Waals surface area contributed by atoms with Gasteiger partial charge in [-0.2, -0.15) is 5.10 Å². The molecule has 1 amide bonds. The number of rotatable bonds is 5. The molecule has 124 valence electrons. The molecule has 0 saturated carbocycles. The third-order valence-corrected chi connectivity index (χ3v) is 4.57. The Bertz CT molecular complexity index is 635. The molecule has 0 unspecified atom stereocenters. The number of aromatic nitrogens is 3. The van der Waals surface area contributed by atoms with Crippen molar-refractivity contribution in [3.63, 3.8) is 0 Å². The van der Waals surface area contributed by atoms with E-state index >= 15 is 0 Å². The molecule has 3 heterocycles. The first kappa shape index (κ1) is 15.8. The van der Waals surface area contributed by atoms with E-state index in [9.17, 15) is 4.79 Å². The van der Waals surface area contributed by atoms with Crippen LogP contribution in [0.25, 0.3) is 0 Å². The second kappa shape index (κ2) is 6.98. The zero-order valence-corrected chi connectivity index (χ0v) is 13.8. The molecule has 2 atom stereocenters. The lowest BCUT2D eigenvalue weighted by Gasteiger charge is -2.37. The lowest BCUT2D eigenvalue weighted by molar-refractivity contribution is -0.136. The standard InChI is InChI=1S/C17H24N4O2/c1-3-14-4-5-16(23-14)15-10-13(2)6-9-21(15)17(22)7-8-20-12-18-11-19-20/h4-5,11-13,15H,3,6-10H2,1-2H3/t13-,15+/m0/s1. The molecule has 0 radical (unpaired) electrons. The summed E-state index contributed by atoms with van der Waals surface area (Å²) in [7, 11) is 0. The van der Waals surface area contributed by atoms with E-state index in [1.807, 2.05) is 17.0 Å². The first-order valence-electron chi connectivity index (χ1n) is 8.38. The number of hydrogen-bond acceptors (Lipinski definition) is 4. The third kappa shape index (κ3) is 3.63. The summed E-state index contributed by atoms with van der Waals surface area (Å²) in [5.74, 6) is 2.66. The van der Waals surface area contributed by atoms with Gasteiger partial charge in [0.2, 0.25) is 5.91 Å². The normalized spacial score (nSPS) is 21.6. The van der Waals surface area contributed by atoms with E-state index in [-0.39, 0.29) is 11.9 Å². The molecular formula is C17H24N4O2. The zero-order valence-electron chi connectivity index (χ0n) is 13.8.